The quantitative estimate of drug-likeness (QED) is 0.322. The van der Waals surface area contributed by atoms with Crippen LogP contribution in [-0.4, -0.2) is 52.8 Å². The summed E-state index contributed by atoms with van der Waals surface area (Å²) in [6, 6.07) is 26.0. The highest BCUT2D eigenvalue weighted by Gasteiger charge is 2.42. The van der Waals surface area contributed by atoms with Gasteiger partial charge in [0.05, 0.1) is 11.6 Å². The van der Waals surface area contributed by atoms with Crippen molar-refractivity contribution in [1.82, 2.24) is 9.80 Å². The molecule has 1 amide bonds. The lowest BCUT2D eigenvalue weighted by molar-refractivity contribution is -0.129. The van der Waals surface area contributed by atoms with E-state index < -0.39 is 23.5 Å². The Hall–Kier alpha value is -4.16. The average Bonchev–Trinajstić information content (AvgIpc) is 3.22. The Balaban J connectivity index is 1.64. The van der Waals surface area contributed by atoms with Gasteiger partial charge in [-0.2, -0.15) is 0 Å². The maximum atomic E-state index is 13.4. The van der Waals surface area contributed by atoms with Crippen molar-refractivity contribution in [2.24, 2.45) is 0 Å². The Labute approximate surface area is 224 Å². The molecule has 0 fully saturated rings. The number of likely N-dealkylation sites (N-methyl/N-ethyl adjacent to an activating group) is 1. The first kappa shape index (κ1) is 26.9. The van der Waals surface area contributed by atoms with Crippen LogP contribution < -0.4 is 4.74 Å². The highest BCUT2D eigenvalue weighted by molar-refractivity contribution is 6.14. The Kier molecular flexibility index (Phi) is 9.11. The van der Waals surface area contributed by atoms with Gasteiger partial charge < -0.3 is 19.6 Å². The minimum absolute atomic E-state index is 0.0851. The van der Waals surface area contributed by atoms with Gasteiger partial charge in [0, 0.05) is 13.1 Å². The van der Waals surface area contributed by atoms with E-state index in [4.69, 9.17) is 4.74 Å². The van der Waals surface area contributed by atoms with E-state index in [1.165, 1.54) is 6.08 Å². The summed E-state index contributed by atoms with van der Waals surface area (Å²) < 4.78 is 6.03. The second-order valence-electron chi connectivity index (χ2n) is 9.15. The Bertz CT molecular complexity index is 1300. The van der Waals surface area contributed by atoms with E-state index in [9.17, 15) is 14.7 Å². The first-order chi connectivity index (χ1) is 18.5. The Morgan fingerprint density at radius 3 is 2.34 bits per heavy atom. The number of hydrogen-bond donors (Lipinski definition) is 1. The van der Waals surface area contributed by atoms with E-state index in [-0.39, 0.29) is 5.57 Å². The number of allylic oxidation sites excluding steroid dienone is 1. The topological polar surface area (TPSA) is 70.1 Å². The molecule has 0 spiro atoms. The zero-order valence-corrected chi connectivity index (χ0v) is 21.9. The molecule has 6 nitrogen and oxygen atoms in total. The number of amides is 1. The van der Waals surface area contributed by atoms with Crippen molar-refractivity contribution < 1.29 is 19.4 Å². The fraction of sp³-hybridized carbons (Fsp3) is 0.250. The molecule has 6 heteroatoms. The second-order valence-corrected chi connectivity index (χ2v) is 9.15. The molecule has 0 aromatic heterocycles. The number of aliphatic hydroxyl groups excluding tert-OH is 1. The van der Waals surface area contributed by atoms with Crippen LogP contribution in [0.1, 0.15) is 36.6 Å². The summed E-state index contributed by atoms with van der Waals surface area (Å²) in [5.41, 5.74) is 2.69. The number of aliphatic hydroxyl groups is 1. The molecule has 1 aliphatic rings. The van der Waals surface area contributed by atoms with E-state index in [1.54, 1.807) is 11.0 Å². The van der Waals surface area contributed by atoms with Crippen molar-refractivity contribution in [3.05, 3.63) is 119 Å². The lowest BCUT2D eigenvalue weighted by Gasteiger charge is -2.29. The number of carbonyl (C=O) groups excluding carboxylic acids is 2. The van der Waals surface area contributed by atoms with Crippen LogP contribution in [0.3, 0.4) is 0 Å². The number of carbonyl (C=O) groups is 2. The summed E-state index contributed by atoms with van der Waals surface area (Å²) in [6.07, 6.45) is 3.12. The van der Waals surface area contributed by atoms with Crippen molar-refractivity contribution in [1.29, 1.82) is 0 Å². The standard InChI is InChI=1S/C32H34N2O4/c1-3-33(4-2)20-21-34-30(26-16-11-17-27(22-26)38-23-25-14-9-6-10-15-25)29(31(36)32(34)37)28(35)19-18-24-12-7-5-8-13-24/h5-19,22,30,36H,3-4,20-21,23H2,1-2H3. The highest BCUT2D eigenvalue weighted by Crippen LogP contribution is 2.39. The molecule has 0 aliphatic carbocycles. The van der Waals surface area contributed by atoms with Crippen molar-refractivity contribution in [3.8, 4) is 5.75 Å². The molecular weight excluding hydrogens is 476 g/mol. The van der Waals surface area contributed by atoms with E-state index in [0.717, 1.165) is 24.2 Å². The molecule has 0 radical (unpaired) electrons. The lowest BCUT2D eigenvalue weighted by atomic mass is 9.95. The number of nitrogens with zero attached hydrogens (tertiary/aromatic N) is 2. The molecule has 196 valence electrons. The van der Waals surface area contributed by atoms with Gasteiger partial charge in [0.2, 0.25) is 0 Å². The predicted molar refractivity (Wildman–Crippen MR) is 150 cm³/mol. The van der Waals surface area contributed by atoms with E-state index in [0.29, 0.717) is 31.0 Å². The van der Waals surface area contributed by atoms with Gasteiger partial charge in [-0.05, 0) is 48.0 Å². The number of rotatable bonds is 12. The van der Waals surface area contributed by atoms with Crippen LogP contribution in [0.4, 0.5) is 0 Å². The minimum atomic E-state index is -0.716. The maximum Gasteiger partial charge on any atom is 0.290 e. The smallest absolute Gasteiger partial charge is 0.290 e. The fourth-order valence-corrected chi connectivity index (χ4v) is 4.61. The minimum Gasteiger partial charge on any atom is -0.503 e. The van der Waals surface area contributed by atoms with Gasteiger partial charge in [-0.1, -0.05) is 92.7 Å². The Morgan fingerprint density at radius 1 is 0.974 bits per heavy atom. The van der Waals surface area contributed by atoms with E-state index >= 15 is 0 Å². The van der Waals surface area contributed by atoms with Crippen LogP contribution in [0.25, 0.3) is 6.08 Å². The third-order valence-electron chi connectivity index (χ3n) is 6.77. The van der Waals surface area contributed by atoms with Gasteiger partial charge in [0.15, 0.2) is 11.5 Å². The fourth-order valence-electron chi connectivity index (χ4n) is 4.61. The average molecular weight is 511 g/mol. The summed E-state index contributed by atoms with van der Waals surface area (Å²) >= 11 is 0. The van der Waals surface area contributed by atoms with E-state index in [1.807, 2.05) is 84.9 Å². The van der Waals surface area contributed by atoms with Gasteiger partial charge in [0.1, 0.15) is 12.4 Å². The second kappa shape index (κ2) is 12.9. The molecular formula is C32H34N2O4. The number of ether oxygens (including phenoxy) is 1. The summed E-state index contributed by atoms with van der Waals surface area (Å²) in [6.45, 7) is 7.23. The van der Waals surface area contributed by atoms with Gasteiger partial charge in [-0.3, -0.25) is 9.59 Å². The SMILES string of the molecule is CCN(CC)CCN1C(=O)C(O)=C(C(=O)C=Cc2ccccc2)C1c1cccc(OCc2ccccc2)c1. The first-order valence-corrected chi connectivity index (χ1v) is 13.0. The molecule has 3 aromatic carbocycles. The molecule has 1 heterocycles. The summed E-state index contributed by atoms with van der Waals surface area (Å²) in [5, 5.41) is 10.9. The normalized spacial score (nSPS) is 15.6. The maximum absolute atomic E-state index is 13.4. The van der Waals surface area contributed by atoms with Crippen LogP contribution in [0.2, 0.25) is 0 Å². The third kappa shape index (κ3) is 6.39. The number of benzene rings is 3. The van der Waals surface area contributed by atoms with Crippen LogP contribution in [0.15, 0.2) is 102 Å². The summed E-state index contributed by atoms with van der Waals surface area (Å²) in [7, 11) is 0. The first-order valence-electron chi connectivity index (χ1n) is 13.0. The van der Waals surface area contributed by atoms with Crippen LogP contribution in [-0.2, 0) is 16.2 Å². The molecule has 0 bridgehead atoms. The zero-order chi connectivity index (χ0) is 26.9. The summed E-state index contributed by atoms with van der Waals surface area (Å²) in [4.78, 5) is 30.5. The zero-order valence-electron chi connectivity index (χ0n) is 21.9. The monoisotopic (exact) mass is 510 g/mol. The van der Waals surface area contributed by atoms with Crippen LogP contribution >= 0.6 is 0 Å². The Morgan fingerprint density at radius 2 is 1.66 bits per heavy atom. The summed E-state index contributed by atoms with van der Waals surface area (Å²) in [5.74, 6) is -0.798. The molecule has 3 aromatic rings. The van der Waals surface area contributed by atoms with Gasteiger partial charge >= 0.3 is 0 Å². The molecule has 1 N–H and O–H groups in total. The lowest BCUT2D eigenvalue weighted by Crippen LogP contribution is -2.38. The largest absolute Gasteiger partial charge is 0.503 e. The van der Waals surface area contributed by atoms with Crippen LogP contribution in [0.5, 0.6) is 5.75 Å². The van der Waals surface area contributed by atoms with Gasteiger partial charge in [0.25, 0.3) is 5.91 Å². The number of hydrogen-bond acceptors (Lipinski definition) is 5. The van der Waals surface area contributed by atoms with Crippen molar-refractivity contribution >= 4 is 17.8 Å². The van der Waals surface area contributed by atoms with Gasteiger partial charge in [-0.15, -0.1) is 0 Å². The van der Waals surface area contributed by atoms with Crippen molar-refractivity contribution in [2.75, 3.05) is 26.2 Å². The third-order valence-corrected chi connectivity index (χ3v) is 6.77. The highest BCUT2D eigenvalue weighted by atomic mass is 16.5. The molecule has 4 rings (SSSR count). The predicted octanol–water partition coefficient (Wildman–Crippen LogP) is 5.59. The van der Waals surface area contributed by atoms with E-state index in [2.05, 4.69) is 18.7 Å². The molecule has 1 unspecified atom stereocenters. The van der Waals surface area contributed by atoms with Gasteiger partial charge in [-0.25, -0.2) is 0 Å². The van der Waals surface area contributed by atoms with Crippen molar-refractivity contribution in [2.45, 2.75) is 26.5 Å². The van der Waals surface area contributed by atoms with Crippen LogP contribution in [0, 0.1) is 0 Å². The molecule has 1 aliphatic heterocycles. The molecule has 1 atom stereocenters. The van der Waals surface area contributed by atoms with Crippen molar-refractivity contribution in [3.63, 3.8) is 0 Å². The molecule has 0 saturated carbocycles. The molecule has 0 saturated heterocycles. The number of ketones is 1. The molecule has 38 heavy (non-hydrogen) atoms.